The summed E-state index contributed by atoms with van der Waals surface area (Å²) in [5, 5.41) is 0. The van der Waals surface area contributed by atoms with Crippen LogP contribution in [0.3, 0.4) is 0 Å². The zero-order valence-corrected chi connectivity index (χ0v) is 7.15. The van der Waals surface area contributed by atoms with Gasteiger partial charge in [-0.2, -0.15) is 0 Å². The van der Waals surface area contributed by atoms with Crippen LogP contribution in [0.2, 0.25) is 0 Å². The highest BCUT2D eigenvalue weighted by atomic mass is 19.1. The molecule has 0 unspecified atom stereocenters. The van der Waals surface area contributed by atoms with Crippen LogP contribution in [-0.2, 0) is 0 Å². The standard InChI is InChI=1S/C9H16FN/c1-2-8(9(10)4-5-9)11-6-3-7-11/h8H,2-7H2,1H3/t8-/m1/s1. The molecule has 64 valence electrons. The van der Waals surface area contributed by atoms with Gasteiger partial charge in [0.15, 0.2) is 0 Å². The van der Waals surface area contributed by atoms with Crippen molar-refractivity contribution in [2.45, 2.75) is 44.3 Å². The summed E-state index contributed by atoms with van der Waals surface area (Å²) < 4.78 is 13.6. The lowest BCUT2D eigenvalue weighted by Gasteiger charge is -2.39. The Morgan fingerprint density at radius 2 is 2.09 bits per heavy atom. The molecular formula is C9H16FN. The highest BCUT2D eigenvalue weighted by molar-refractivity contribution is 5.05. The SMILES string of the molecule is CC[C@@H](N1CCC1)C1(F)CC1. The van der Waals surface area contributed by atoms with Crippen LogP contribution in [0.15, 0.2) is 0 Å². The lowest BCUT2D eigenvalue weighted by atomic mass is 10.0. The molecule has 1 saturated carbocycles. The average Bonchev–Trinajstić information content (AvgIpc) is 2.59. The van der Waals surface area contributed by atoms with Gasteiger partial charge in [0.25, 0.3) is 0 Å². The van der Waals surface area contributed by atoms with Crippen molar-refractivity contribution in [3.05, 3.63) is 0 Å². The van der Waals surface area contributed by atoms with Crippen LogP contribution in [0.5, 0.6) is 0 Å². The monoisotopic (exact) mass is 157 g/mol. The summed E-state index contributed by atoms with van der Waals surface area (Å²) in [5.41, 5.74) is -0.783. The summed E-state index contributed by atoms with van der Waals surface area (Å²) in [6.07, 6.45) is 3.87. The Morgan fingerprint density at radius 3 is 2.36 bits per heavy atom. The van der Waals surface area contributed by atoms with Crippen molar-refractivity contribution >= 4 is 0 Å². The van der Waals surface area contributed by atoms with Crippen molar-refractivity contribution in [2.24, 2.45) is 0 Å². The molecule has 0 aromatic rings. The second kappa shape index (κ2) is 2.44. The maximum absolute atomic E-state index is 13.6. The van der Waals surface area contributed by atoms with Crippen LogP contribution in [0.4, 0.5) is 4.39 Å². The fourth-order valence-corrected chi connectivity index (χ4v) is 2.06. The van der Waals surface area contributed by atoms with E-state index in [4.69, 9.17) is 0 Å². The number of halogens is 1. The Bertz CT molecular complexity index is 150. The molecule has 2 fully saturated rings. The summed E-state index contributed by atoms with van der Waals surface area (Å²) in [7, 11) is 0. The van der Waals surface area contributed by atoms with Gasteiger partial charge in [0, 0.05) is 6.04 Å². The predicted octanol–water partition coefficient (Wildman–Crippen LogP) is 1.97. The van der Waals surface area contributed by atoms with E-state index in [9.17, 15) is 4.39 Å². The first-order valence-corrected chi connectivity index (χ1v) is 4.69. The number of hydrogen-bond donors (Lipinski definition) is 0. The van der Waals surface area contributed by atoms with Gasteiger partial charge in [-0.05, 0) is 38.8 Å². The van der Waals surface area contributed by atoms with Crippen molar-refractivity contribution < 1.29 is 4.39 Å². The molecule has 1 heterocycles. The first-order chi connectivity index (χ1) is 5.26. The van der Waals surface area contributed by atoms with Crippen LogP contribution in [0.25, 0.3) is 0 Å². The molecule has 0 bridgehead atoms. The van der Waals surface area contributed by atoms with Gasteiger partial charge in [-0.15, -0.1) is 0 Å². The molecule has 1 aliphatic carbocycles. The molecule has 2 aliphatic rings. The largest absolute Gasteiger partial charge is 0.297 e. The van der Waals surface area contributed by atoms with E-state index < -0.39 is 5.67 Å². The minimum Gasteiger partial charge on any atom is -0.297 e. The van der Waals surface area contributed by atoms with E-state index in [-0.39, 0.29) is 6.04 Å². The number of rotatable bonds is 3. The number of hydrogen-bond acceptors (Lipinski definition) is 1. The number of likely N-dealkylation sites (tertiary alicyclic amines) is 1. The van der Waals surface area contributed by atoms with E-state index in [1.807, 2.05) is 0 Å². The molecule has 11 heavy (non-hydrogen) atoms. The maximum atomic E-state index is 13.6. The molecule has 0 N–H and O–H groups in total. The quantitative estimate of drug-likeness (QED) is 0.605. The normalized spacial score (nSPS) is 31.1. The van der Waals surface area contributed by atoms with Gasteiger partial charge in [-0.1, -0.05) is 6.92 Å². The molecule has 0 radical (unpaired) electrons. The maximum Gasteiger partial charge on any atom is 0.126 e. The highest BCUT2D eigenvalue weighted by Crippen LogP contribution is 2.46. The zero-order chi connectivity index (χ0) is 7.90. The molecule has 0 aromatic heterocycles. The van der Waals surface area contributed by atoms with Crippen molar-refractivity contribution in [1.29, 1.82) is 0 Å². The van der Waals surface area contributed by atoms with E-state index in [1.54, 1.807) is 0 Å². The lowest BCUT2D eigenvalue weighted by Crippen LogP contribution is -2.50. The van der Waals surface area contributed by atoms with Crippen LogP contribution in [-0.4, -0.2) is 29.7 Å². The molecule has 1 aliphatic heterocycles. The van der Waals surface area contributed by atoms with Crippen LogP contribution < -0.4 is 0 Å². The summed E-state index contributed by atoms with van der Waals surface area (Å²) in [6.45, 7) is 4.36. The topological polar surface area (TPSA) is 3.24 Å². The zero-order valence-electron chi connectivity index (χ0n) is 7.15. The van der Waals surface area contributed by atoms with E-state index in [0.717, 1.165) is 32.4 Å². The van der Waals surface area contributed by atoms with E-state index in [0.29, 0.717) is 0 Å². The number of alkyl halides is 1. The minimum atomic E-state index is -0.783. The fraction of sp³-hybridized carbons (Fsp3) is 1.00. The fourth-order valence-electron chi connectivity index (χ4n) is 2.06. The summed E-state index contributed by atoms with van der Waals surface area (Å²) in [4.78, 5) is 2.30. The Morgan fingerprint density at radius 1 is 1.45 bits per heavy atom. The first-order valence-electron chi connectivity index (χ1n) is 4.69. The third-order valence-corrected chi connectivity index (χ3v) is 3.04. The van der Waals surface area contributed by atoms with Crippen LogP contribution in [0.1, 0.15) is 32.6 Å². The third-order valence-electron chi connectivity index (χ3n) is 3.04. The molecule has 1 atom stereocenters. The molecule has 0 aromatic carbocycles. The van der Waals surface area contributed by atoms with Crippen LogP contribution in [0, 0.1) is 0 Å². The van der Waals surface area contributed by atoms with E-state index in [1.165, 1.54) is 6.42 Å². The number of nitrogens with zero attached hydrogens (tertiary/aromatic N) is 1. The third kappa shape index (κ3) is 1.18. The molecular weight excluding hydrogens is 141 g/mol. The van der Waals surface area contributed by atoms with Crippen LogP contribution >= 0.6 is 0 Å². The van der Waals surface area contributed by atoms with Gasteiger partial charge in [-0.3, -0.25) is 4.90 Å². The first kappa shape index (κ1) is 7.53. The molecule has 0 amide bonds. The Labute approximate surface area is 67.6 Å². The van der Waals surface area contributed by atoms with Crippen molar-refractivity contribution in [3.63, 3.8) is 0 Å². The van der Waals surface area contributed by atoms with Gasteiger partial charge < -0.3 is 0 Å². The van der Waals surface area contributed by atoms with E-state index in [2.05, 4.69) is 11.8 Å². The molecule has 0 spiro atoms. The highest BCUT2D eigenvalue weighted by Gasteiger charge is 2.52. The second-order valence-corrected chi connectivity index (χ2v) is 3.85. The minimum absolute atomic E-state index is 0.247. The van der Waals surface area contributed by atoms with Gasteiger partial charge in [0.05, 0.1) is 0 Å². The van der Waals surface area contributed by atoms with Crippen molar-refractivity contribution in [2.75, 3.05) is 13.1 Å². The summed E-state index contributed by atoms with van der Waals surface area (Å²) in [5.74, 6) is 0. The van der Waals surface area contributed by atoms with Crippen molar-refractivity contribution in [3.8, 4) is 0 Å². The smallest absolute Gasteiger partial charge is 0.126 e. The van der Waals surface area contributed by atoms with Gasteiger partial charge in [0.2, 0.25) is 0 Å². The lowest BCUT2D eigenvalue weighted by molar-refractivity contribution is 0.0441. The second-order valence-electron chi connectivity index (χ2n) is 3.85. The molecule has 1 saturated heterocycles. The van der Waals surface area contributed by atoms with Gasteiger partial charge in [0.1, 0.15) is 5.67 Å². The molecule has 1 nitrogen and oxygen atoms in total. The Hall–Kier alpha value is -0.110. The molecule has 2 rings (SSSR count). The Balaban J connectivity index is 1.94. The summed E-state index contributed by atoms with van der Waals surface area (Å²) in [6, 6.07) is 0.247. The summed E-state index contributed by atoms with van der Waals surface area (Å²) >= 11 is 0. The average molecular weight is 157 g/mol. The predicted molar refractivity (Wildman–Crippen MR) is 43.3 cm³/mol. The Kier molecular flexibility index (Phi) is 1.67. The van der Waals surface area contributed by atoms with Gasteiger partial charge in [-0.25, -0.2) is 4.39 Å². The van der Waals surface area contributed by atoms with Gasteiger partial charge >= 0.3 is 0 Å². The van der Waals surface area contributed by atoms with Crippen molar-refractivity contribution in [1.82, 2.24) is 4.90 Å². The van der Waals surface area contributed by atoms with E-state index >= 15 is 0 Å². The molecule has 2 heteroatoms.